The molecule has 1 aliphatic rings. The van der Waals surface area contributed by atoms with Crippen LogP contribution in [0.25, 0.3) is 10.8 Å². The van der Waals surface area contributed by atoms with Crippen LogP contribution in [0.15, 0.2) is 35.3 Å². The highest BCUT2D eigenvalue weighted by Crippen LogP contribution is 2.14. The summed E-state index contributed by atoms with van der Waals surface area (Å²) in [7, 11) is 1.31. The Kier molecular flexibility index (Phi) is 4.64. The van der Waals surface area contributed by atoms with Crippen LogP contribution in [0, 0.1) is 0 Å². The number of hydrogen-bond donors (Lipinski definition) is 0. The van der Waals surface area contributed by atoms with Crippen molar-refractivity contribution in [2.45, 2.75) is 25.8 Å². The van der Waals surface area contributed by atoms with Gasteiger partial charge in [-0.1, -0.05) is 6.07 Å². The summed E-state index contributed by atoms with van der Waals surface area (Å²) in [5.74, 6) is -0.390. The Bertz CT molecular complexity index is 835. The lowest BCUT2D eigenvalue weighted by molar-refractivity contribution is -0.130. The number of rotatable bonds is 4. The van der Waals surface area contributed by atoms with E-state index in [-0.39, 0.29) is 11.5 Å². The van der Waals surface area contributed by atoms with Crippen LogP contribution in [0.2, 0.25) is 0 Å². The molecule has 0 bridgehead atoms. The van der Waals surface area contributed by atoms with E-state index in [0.717, 1.165) is 31.3 Å². The first-order chi connectivity index (χ1) is 11.6. The second-order valence-corrected chi connectivity index (χ2v) is 5.95. The lowest BCUT2D eigenvalue weighted by Gasteiger charge is -2.15. The van der Waals surface area contributed by atoms with Crippen molar-refractivity contribution in [1.82, 2.24) is 9.47 Å². The summed E-state index contributed by atoms with van der Waals surface area (Å²) in [6, 6.07) is 6.72. The van der Waals surface area contributed by atoms with Crippen molar-refractivity contribution in [3.05, 3.63) is 46.4 Å². The number of hydrogen-bond acceptors (Lipinski definition) is 4. The van der Waals surface area contributed by atoms with E-state index >= 15 is 0 Å². The molecule has 2 heterocycles. The lowest BCUT2D eigenvalue weighted by atomic mass is 10.1. The normalized spacial score (nSPS) is 14.1. The predicted octanol–water partition coefficient (Wildman–Crippen LogP) is 1.80. The monoisotopic (exact) mass is 328 g/mol. The van der Waals surface area contributed by atoms with Gasteiger partial charge < -0.3 is 14.2 Å². The highest BCUT2D eigenvalue weighted by molar-refractivity contribution is 5.95. The summed E-state index contributed by atoms with van der Waals surface area (Å²) in [6.07, 6.45) is 4.11. The molecule has 1 aromatic heterocycles. The Morgan fingerprint density at radius 1 is 1.17 bits per heavy atom. The maximum Gasteiger partial charge on any atom is 0.337 e. The zero-order valence-corrected chi connectivity index (χ0v) is 13.7. The number of nitrogens with zero attached hydrogens (tertiary/aromatic N) is 2. The zero-order chi connectivity index (χ0) is 17.1. The fourth-order valence-electron chi connectivity index (χ4n) is 3.04. The van der Waals surface area contributed by atoms with E-state index in [4.69, 9.17) is 4.74 Å². The van der Waals surface area contributed by atoms with Crippen LogP contribution in [0.5, 0.6) is 0 Å². The Morgan fingerprint density at radius 3 is 2.62 bits per heavy atom. The number of pyridine rings is 1. The Hall–Kier alpha value is -2.63. The van der Waals surface area contributed by atoms with Crippen molar-refractivity contribution in [3.63, 3.8) is 0 Å². The third-order valence-electron chi connectivity index (χ3n) is 4.43. The van der Waals surface area contributed by atoms with Gasteiger partial charge in [-0.25, -0.2) is 4.79 Å². The fraction of sp³-hybridized carbons (Fsp3) is 0.389. The summed E-state index contributed by atoms with van der Waals surface area (Å²) in [5.41, 5.74) is 0.139. The standard InChI is InChI=1S/C18H20N2O4/c1-24-18(23)14-5-4-13-6-10-20(17(22)15(13)12-14)11-7-16(21)19-8-2-3-9-19/h4-6,10,12H,2-3,7-9,11H2,1H3. The van der Waals surface area contributed by atoms with Crippen LogP contribution in [-0.4, -0.2) is 41.5 Å². The number of likely N-dealkylation sites (tertiary alicyclic amines) is 1. The van der Waals surface area contributed by atoms with Gasteiger partial charge in [0.05, 0.1) is 12.7 Å². The fourth-order valence-corrected chi connectivity index (χ4v) is 3.04. The summed E-state index contributed by atoms with van der Waals surface area (Å²) in [6.45, 7) is 1.97. The second kappa shape index (κ2) is 6.86. The highest BCUT2D eigenvalue weighted by Gasteiger charge is 2.17. The Labute approximate surface area is 139 Å². The third kappa shape index (κ3) is 3.18. The minimum absolute atomic E-state index is 0.0859. The molecule has 126 valence electrons. The molecule has 1 aliphatic heterocycles. The Balaban J connectivity index is 1.83. The summed E-state index contributed by atoms with van der Waals surface area (Å²) >= 11 is 0. The number of fused-ring (bicyclic) bond motifs is 1. The van der Waals surface area contributed by atoms with Crippen LogP contribution in [0.3, 0.4) is 0 Å². The topological polar surface area (TPSA) is 68.6 Å². The molecule has 0 atom stereocenters. The van der Waals surface area contributed by atoms with Crippen LogP contribution < -0.4 is 5.56 Å². The number of methoxy groups -OCH3 is 1. The number of aromatic nitrogens is 1. The van der Waals surface area contributed by atoms with Gasteiger partial charge in [-0.2, -0.15) is 0 Å². The minimum atomic E-state index is -0.476. The second-order valence-electron chi connectivity index (χ2n) is 5.95. The van der Waals surface area contributed by atoms with E-state index in [9.17, 15) is 14.4 Å². The molecule has 6 heteroatoms. The number of amides is 1. The van der Waals surface area contributed by atoms with E-state index in [1.165, 1.54) is 11.7 Å². The van der Waals surface area contributed by atoms with Gasteiger partial charge in [-0.3, -0.25) is 9.59 Å². The van der Waals surface area contributed by atoms with Gasteiger partial charge >= 0.3 is 5.97 Å². The third-order valence-corrected chi connectivity index (χ3v) is 4.43. The van der Waals surface area contributed by atoms with E-state index in [1.54, 1.807) is 24.4 Å². The molecule has 1 saturated heterocycles. The molecule has 0 saturated carbocycles. The van der Waals surface area contributed by atoms with Gasteiger partial charge in [0.1, 0.15) is 0 Å². The van der Waals surface area contributed by atoms with Crippen molar-refractivity contribution in [1.29, 1.82) is 0 Å². The van der Waals surface area contributed by atoms with Crippen molar-refractivity contribution < 1.29 is 14.3 Å². The lowest BCUT2D eigenvalue weighted by Crippen LogP contribution is -2.30. The molecule has 0 spiro atoms. The number of aryl methyl sites for hydroxylation is 1. The molecule has 0 radical (unpaired) electrons. The van der Waals surface area contributed by atoms with Crippen molar-refractivity contribution in [2.24, 2.45) is 0 Å². The predicted molar refractivity (Wildman–Crippen MR) is 90.0 cm³/mol. The molecule has 0 aliphatic carbocycles. The maximum atomic E-state index is 12.6. The molecule has 6 nitrogen and oxygen atoms in total. The molecule has 24 heavy (non-hydrogen) atoms. The van der Waals surface area contributed by atoms with Crippen LogP contribution in [0.1, 0.15) is 29.6 Å². The molecule has 0 unspecified atom stereocenters. The van der Waals surface area contributed by atoms with Crippen LogP contribution >= 0.6 is 0 Å². The smallest absolute Gasteiger partial charge is 0.337 e. The summed E-state index contributed by atoms with van der Waals surface area (Å²) in [4.78, 5) is 38.2. The van der Waals surface area contributed by atoms with Crippen molar-refractivity contribution in [2.75, 3.05) is 20.2 Å². The van der Waals surface area contributed by atoms with Crippen molar-refractivity contribution in [3.8, 4) is 0 Å². The zero-order valence-electron chi connectivity index (χ0n) is 13.7. The minimum Gasteiger partial charge on any atom is -0.465 e. The molecular weight excluding hydrogens is 308 g/mol. The van der Waals surface area contributed by atoms with Gasteiger partial charge in [0.25, 0.3) is 5.56 Å². The van der Waals surface area contributed by atoms with Gasteiger partial charge in [0, 0.05) is 37.6 Å². The molecular formula is C18H20N2O4. The van der Waals surface area contributed by atoms with Gasteiger partial charge in [-0.05, 0) is 36.4 Å². The van der Waals surface area contributed by atoms with E-state index in [1.807, 2.05) is 11.0 Å². The molecule has 0 N–H and O–H groups in total. The SMILES string of the molecule is COC(=O)c1ccc2ccn(CCC(=O)N3CCCC3)c(=O)c2c1. The molecule has 2 aromatic rings. The molecule has 3 rings (SSSR count). The molecule has 1 fully saturated rings. The number of ether oxygens (including phenoxy) is 1. The highest BCUT2D eigenvalue weighted by atomic mass is 16.5. The summed E-state index contributed by atoms with van der Waals surface area (Å²) in [5, 5.41) is 1.21. The van der Waals surface area contributed by atoms with Gasteiger partial charge in [0.15, 0.2) is 0 Å². The van der Waals surface area contributed by atoms with E-state index in [2.05, 4.69) is 0 Å². The van der Waals surface area contributed by atoms with Crippen LogP contribution in [-0.2, 0) is 16.1 Å². The number of benzene rings is 1. The number of carbonyl (C=O) groups is 2. The first-order valence-electron chi connectivity index (χ1n) is 8.09. The quantitative estimate of drug-likeness (QED) is 0.803. The van der Waals surface area contributed by atoms with Crippen molar-refractivity contribution >= 4 is 22.6 Å². The molecule has 1 aromatic carbocycles. The van der Waals surface area contributed by atoms with Gasteiger partial charge in [-0.15, -0.1) is 0 Å². The van der Waals surface area contributed by atoms with E-state index < -0.39 is 5.97 Å². The number of carbonyl (C=O) groups excluding carboxylic acids is 2. The first kappa shape index (κ1) is 16.2. The Morgan fingerprint density at radius 2 is 1.92 bits per heavy atom. The van der Waals surface area contributed by atoms with Crippen LogP contribution in [0.4, 0.5) is 0 Å². The first-order valence-corrected chi connectivity index (χ1v) is 8.09. The van der Waals surface area contributed by atoms with Gasteiger partial charge in [0.2, 0.25) is 5.91 Å². The van der Waals surface area contributed by atoms with E-state index in [0.29, 0.717) is 23.9 Å². The maximum absolute atomic E-state index is 12.6. The average molecular weight is 328 g/mol. The molecule has 1 amide bonds. The largest absolute Gasteiger partial charge is 0.465 e. The average Bonchev–Trinajstić information content (AvgIpc) is 3.15. The number of esters is 1. The summed E-state index contributed by atoms with van der Waals surface area (Å²) < 4.78 is 6.22.